The minimum atomic E-state index is -0.302. The molecule has 0 spiro atoms. The number of amides is 2. The fourth-order valence-corrected chi connectivity index (χ4v) is 1.23. The van der Waals surface area contributed by atoms with Gasteiger partial charge in [0.1, 0.15) is 5.82 Å². The number of nitrogens with one attached hydrogen (secondary N) is 2. The first-order valence-corrected chi connectivity index (χ1v) is 5.63. The molecule has 0 aliphatic carbocycles. The normalized spacial score (nSPS) is 11.1. The Kier molecular flexibility index (Phi) is 4.49. The minimum Gasteiger partial charge on any atom is -0.338 e. The van der Waals surface area contributed by atoms with E-state index in [-0.39, 0.29) is 23.8 Å². The number of carbonyl (C=O) groups is 1. The van der Waals surface area contributed by atoms with Gasteiger partial charge in [0.2, 0.25) is 0 Å². The number of rotatable bonds is 3. The second-order valence-corrected chi connectivity index (χ2v) is 5.19. The molecule has 0 bridgehead atoms. The summed E-state index contributed by atoms with van der Waals surface area (Å²) < 4.78 is 13.2. The van der Waals surface area contributed by atoms with Gasteiger partial charge in [-0.15, -0.1) is 0 Å². The Hall–Kier alpha value is -1.58. The minimum absolute atomic E-state index is 0.0370. The van der Waals surface area contributed by atoms with E-state index in [1.54, 1.807) is 18.2 Å². The highest BCUT2D eigenvalue weighted by Gasteiger charge is 2.11. The molecule has 1 aromatic carbocycles. The summed E-state index contributed by atoms with van der Waals surface area (Å²) in [5, 5.41) is 5.36. The molecule has 0 fully saturated rings. The van der Waals surface area contributed by atoms with Gasteiger partial charge >= 0.3 is 6.03 Å². The first kappa shape index (κ1) is 13.5. The number of hydrogen-bond donors (Lipinski definition) is 2. The van der Waals surface area contributed by atoms with E-state index in [0.717, 1.165) is 0 Å². The van der Waals surface area contributed by atoms with Gasteiger partial charge in [-0.25, -0.2) is 9.18 Å². The Balaban J connectivity index is 2.36. The average molecular weight is 238 g/mol. The van der Waals surface area contributed by atoms with Gasteiger partial charge in [0.25, 0.3) is 0 Å². The van der Waals surface area contributed by atoms with Crippen molar-refractivity contribution in [2.24, 2.45) is 5.41 Å². The van der Waals surface area contributed by atoms with Crippen molar-refractivity contribution >= 4 is 6.03 Å². The first-order chi connectivity index (χ1) is 7.88. The van der Waals surface area contributed by atoms with Gasteiger partial charge < -0.3 is 10.6 Å². The Morgan fingerprint density at radius 1 is 1.24 bits per heavy atom. The average Bonchev–Trinajstić information content (AvgIpc) is 2.24. The van der Waals surface area contributed by atoms with Crippen molar-refractivity contribution < 1.29 is 9.18 Å². The van der Waals surface area contributed by atoms with E-state index in [1.165, 1.54) is 6.07 Å². The highest BCUT2D eigenvalue weighted by Crippen LogP contribution is 2.10. The predicted octanol–water partition coefficient (Wildman–Crippen LogP) is 2.67. The van der Waals surface area contributed by atoms with Crippen LogP contribution >= 0.6 is 0 Å². The Morgan fingerprint density at radius 2 is 1.88 bits per heavy atom. The lowest BCUT2D eigenvalue weighted by Crippen LogP contribution is -2.39. The maximum atomic E-state index is 13.2. The topological polar surface area (TPSA) is 41.1 Å². The van der Waals surface area contributed by atoms with Gasteiger partial charge in [-0.1, -0.05) is 39.0 Å². The van der Waals surface area contributed by atoms with Gasteiger partial charge in [-0.2, -0.15) is 0 Å². The van der Waals surface area contributed by atoms with Crippen molar-refractivity contribution in [1.29, 1.82) is 0 Å². The summed E-state index contributed by atoms with van der Waals surface area (Å²) in [6.45, 7) is 6.87. The number of halogens is 1. The van der Waals surface area contributed by atoms with Crippen LogP contribution in [0, 0.1) is 11.2 Å². The van der Waals surface area contributed by atoms with E-state index in [0.29, 0.717) is 12.1 Å². The van der Waals surface area contributed by atoms with Gasteiger partial charge in [0.15, 0.2) is 0 Å². The summed E-state index contributed by atoms with van der Waals surface area (Å²) in [6, 6.07) is 6.12. The zero-order chi connectivity index (χ0) is 12.9. The second kappa shape index (κ2) is 5.66. The van der Waals surface area contributed by atoms with Gasteiger partial charge in [0.05, 0.1) is 0 Å². The standard InChI is InChI=1S/C13H19FN2O/c1-13(2,3)9-16-12(17)15-8-10-6-4-5-7-11(10)14/h4-7H,8-9H2,1-3H3,(H2,15,16,17). The zero-order valence-electron chi connectivity index (χ0n) is 10.5. The molecular formula is C13H19FN2O. The van der Waals surface area contributed by atoms with Gasteiger partial charge in [0, 0.05) is 18.7 Å². The molecule has 0 aliphatic heterocycles. The molecule has 17 heavy (non-hydrogen) atoms. The molecule has 0 heterocycles. The molecule has 0 saturated heterocycles. The van der Waals surface area contributed by atoms with Crippen LogP contribution in [0.4, 0.5) is 9.18 Å². The van der Waals surface area contributed by atoms with Crippen molar-refractivity contribution in [2.75, 3.05) is 6.54 Å². The lowest BCUT2D eigenvalue weighted by Gasteiger charge is -2.18. The quantitative estimate of drug-likeness (QED) is 0.835. The molecule has 0 radical (unpaired) electrons. The fourth-order valence-electron chi connectivity index (χ4n) is 1.23. The molecule has 0 aliphatic rings. The van der Waals surface area contributed by atoms with Crippen LogP contribution in [0.1, 0.15) is 26.3 Å². The van der Waals surface area contributed by atoms with Crippen LogP contribution in [-0.2, 0) is 6.54 Å². The lowest BCUT2D eigenvalue weighted by molar-refractivity contribution is 0.235. The molecule has 2 amide bonds. The second-order valence-electron chi connectivity index (χ2n) is 5.19. The largest absolute Gasteiger partial charge is 0.338 e. The van der Waals surface area contributed by atoms with Crippen LogP contribution in [0.5, 0.6) is 0 Å². The molecule has 3 nitrogen and oxygen atoms in total. The van der Waals surface area contributed by atoms with E-state index in [2.05, 4.69) is 10.6 Å². The number of urea groups is 1. The van der Waals surface area contributed by atoms with Gasteiger partial charge in [-0.3, -0.25) is 0 Å². The summed E-state index contributed by atoms with van der Waals surface area (Å²) in [5.74, 6) is -0.302. The summed E-state index contributed by atoms with van der Waals surface area (Å²) in [5.41, 5.74) is 0.522. The molecule has 1 rings (SSSR count). The lowest BCUT2D eigenvalue weighted by atomic mass is 9.97. The molecule has 0 aromatic heterocycles. The summed E-state index contributed by atoms with van der Waals surface area (Å²) in [7, 11) is 0. The third-order valence-electron chi connectivity index (χ3n) is 2.18. The van der Waals surface area contributed by atoms with Crippen molar-refractivity contribution in [3.63, 3.8) is 0 Å². The zero-order valence-corrected chi connectivity index (χ0v) is 10.5. The van der Waals surface area contributed by atoms with E-state index < -0.39 is 0 Å². The molecule has 0 unspecified atom stereocenters. The van der Waals surface area contributed by atoms with Crippen LogP contribution in [0.3, 0.4) is 0 Å². The number of carbonyl (C=O) groups excluding carboxylic acids is 1. The summed E-state index contributed by atoms with van der Waals surface area (Å²) in [6.07, 6.45) is 0. The Labute approximate surface area is 101 Å². The SMILES string of the molecule is CC(C)(C)CNC(=O)NCc1ccccc1F. The molecule has 94 valence electrons. The van der Waals surface area contributed by atoms with Crippen LogP contribution in [0.15, 0.2) is 24.3 Å². The van der Waals surface area contributed by atoms with Crippen LogP contribution in [0.2, 0.25) is 0 Å². The van der Waals surface area contributed by atoms with Gasteiger partial charge in [-0.05, 0) is 11.5 Å². The highest BCUT2D eigenvalue weighted by atomic mass is 19.1. The fraction of sp³-hybridized carbons (Fsp3) is 0.462. The van der Waals surface area contributed by atoms with Crippen molar-refractivity contribution in [3.8, 4) is 0 Å². The van der Waals surface area contributed by atoms with E-state index in [1.807, 2.05) is 20.8 Å². The number of hydrogen-bond acceptors (Lipinski definition) is 1. The Morgan fingerprint density at radius 3 is 2.47 bits per heavy atom. The van der Waals surface area contributed by atoms with Crippen LogP contribution < -0.4 is 10.6 Å². The number of benzene rings is 1. The van der Waals surface area contributed by atoms with E-state index >= 15 is 0 Å². The Bertz CT molecular complexity index is 385. The predicted molar refractivity (Wildman–Crippen MR) is 66.1 cm³/mol. The summed E-state index contributed by atoms with van der Waals surface area (Å²) >= 11 is 0. The monoisotopic (exact) mass is 238 g/mol. The van der Waals surface area contributed by atoms with Crippen molar-refractivity contribution in [3.05, 3.63) is 35.6 Å². The third-order valence-corrected chi connectivity index (χ3v) is 2.18. The van der Waals surface area contributed by atoms with Crippen molar-refractivity contribution in [2.45, 2.75) is 27.3 Å². The molecular weight excluding hydrogens is 219 g/mol. The van der Waals surface area contributed by atoms with Crippen LogP contribution in [-0.4, -0.2) is 12.6 Å². The maximum Gasteiger partial charge on any atom is 0.315 e. The van der Waals surface area contributed by atoms with Crippen molar-refractivity contribution in [1.82, 2.24) is 10.6 Å². The third kappa shape index (κ3) is 5.33. The molecule has 1 aromatic rings. The van der Waals surface area contributed by atoms with Crippen LogP contribution in [0.25, 0.3) is 0 Å². The first-order valence-electron chi connectivity index (χ1n) is 5.63. The molecule has 4 heteroatoms. The highest BCUT2D eigenvalue weighted by molar-refractivity contribution is 5.73. The smallest absolute Gasteiger partial charge is 0.315 e. The maximum absolute atomic E-state index is 13.2. The molecule has 2 N–H and O–H groups in total. The molecule has 0 saturated carbocycles. The van der Waals surface area contributed by atoms with E-state index in [9.17, 15) is 9.18 Å². The van der Waals surface area contributed by atoms with E-state index in [4.69, 9.17) is 0 Å². The molecule has 0 atom stereocenters. The summed E-state index contributed by atoms with van der Waals surface area (Å²) in [4.78, 5) is 11.4.